The molecular formula is C14H20ClNO. The van der Waals surface area contributed by atoms with Gasteiger partial charge in [-0.25, -0.2) is 0 Å². The molecule has 0 saturated carbocycles. The summed E-state index contributed by atoms with van der Waals surface area (Å²) in [6.45, 7) is 3.35. The SMILES string of the molecule is CCOc1c(Cl)cc(CCN)c2c1CCCC2. The van der Waals surface area contributed by atoms with Crippen molar-refractivity contribution in [3.8, 4) is 5.75 Å². The maximum atomic E-state index is 6.32. The maximum absolute atomic E-state index is 6.32. The van der Waals surface area contributed by atoms with E-state index in [0.717, 1.165) is 30.0 Å². The molecule has 0 atom stereocenters. The quantitative estimate of drug-likeness (QED) is 0.895. The molecule has 2 rings (SSSR count). The number of ether oxygens (including phenoxy) is 1. The van der Waals surface area contributed by atoms with Crippen LogP contribution in [0.2, 0.25) is 5.02 Å². The summed E-state index contributed by atoms with van der Waals surface area (Å²) in [7, 11) is 0. The molecule has 1 aliphatic rings. The summed E-state index contributed by atoms with van der Waals surface area (Å²) in [5.74, 6) is 0.907. The lowest BCUT2D eigenvalue weighted by molar-refractivity contribution is 0.334. The van der Waals surface area contributed by atoms with Crippen LogP contribution < -0.4 is 10.5 Å². The highest BCUT2D eigenvalue weighted by molar-refractivity contribution is 6.32. The minimum atomic E-state index is 0.669. The number of benzene rings is 1. The van der Waals surface area contributed by atoms with Gasteiger partial charge in [-0.3, -0.25) is 0 Å². The Balaban J connectivity index is 2.48. The van der Waals surface area contributed by atoms with Crippen LogP contribution in [-0.2, 0) is 19.3 Å². The van der Waals surface area contributed by atoms with Crippen molar-refractivity contribution in [3.05, 3.63) is 27.8 Å². The van der Waals surface area contributed by atoms with E-state index >= 15 is 0 Å². The number of hydrogen-bond acceptors (Lipinski definition) is 2. The van der Waals surface area contributed by atoms with Crippen LogP contribution in [0.4, 0.5) is 0 Å². The van der Waals surface area contributed by atoms with Gasteiger partial charge in [0.25, 0.3) is 0 Å². The molecule has 0 aromatic heterocycles. The third-order valence-electron chi connectivity index (χ3n) is 3.35. The Morgan fingerprint density at radius 1 is 1.29 bits per heavy atom. The van der Waals surface area contributed by atoms with Crippen LogP contribution in [0.1, 0.15) is 36.5 Å². The number of halogens is 1. The van der Waals surface area contributed by atoms with Gasteiger partial charge in [-0.1, -0.05) is 11.6 Å². The minimum absolute atomic E-state index is 0.669. The van der Waals surface area contributed by atoms with Gasteiger partial charge in [0.05, 0.1) is 11.6 Å². The summed E-state index contributed by atoms with van der Waals surface area (Å²) in [6.07, 6.45) is 5.63. The predicted molar refractivity (Wildman–Crippen MR) is 72.0 cm³/mol. The molecular weight excluding hydrogens is 234 g/mol. The zero-order chi connectivity index (χ0) is 12.3. The van der Waals surface area contributed by atoms with E-state index in [0.29, 0.717) is 13.2 Å². The van der Waals surface area contributed by atoms with Crippen LogP contribution in [0.3, 0.4) is 0 Å². The lowest BCUT2D eigenvalue weighted by atomic mass is 9.86. The van der Waals surface area contributed by atoms with Crippen LogP contribution in [0, 0.1) is 0 Å². The zero-order valence-electron chi connectivity index (χ0n) is 10.4. The Labute approximate surface area is 108 Å². The van der Waals surface area contributed by atoms with Crippen molar-refractivity contribution in [2.24, 2.45) is 5.73 Å². The monoisotopic (exact) mass is 253 g/mol. The van der Waals surface area contributed by atoms with Gasteiger partial charge >= 0.3 is 0 Å². The van der Waals surface area contributed by atoms with Crippen molar-refractivity contribution < 1.29 is 4.74 Å². The van der Waals surface area contributed by atoms with Gasteiger partial charge in [-0.15, -0.1) is 0 Å². The van der Waals surface area contributed by atoms with Gasteiger partial charge in [-0.2, -0.15) is 0 Å². The fourth-order valence-corrected chi connectivity index (χ4v) is 2.94. The third-order valence-corrected chi connectivity index (χ3v) is 3.63. The molecule has 0 fully saturated rings. The first-order valence-electron chi connectivity index (χ1n) is 6.44. The molecule has 0 aliphatic heterocycles. The number of nitrogens with two attached hydrogens (primary N) is 1. The second kappa shape index (κ2) is 5.74. The highest BCUT2D eigenvalue weighted by Gasteiger charge is 2.20. The summed E-state index contributed by atoms with van der Waals surface area (Å²) < 4.78 is 5.70. The first kappa shape index (κ1) is 12.7. The van der Waals surface area contributed by atoms with E-state index in [2.05, 4.69) is 0 Å². The van der Waals surface area contributed by atoms with Crippen molar-refractivity contribution in [2.45, 2.75) is 39.0 Å². The number of rotatable bonds is 4. The Morgan fingerprint density at radius 2 is 2.00 bits per heavy atom. The molecule has 0 spiro atoms. The van der Waals surface area contributed by atoms with Crippen LogP contribution in [0.15, 0.2) is 6.07 Å². The highest BCUT2D eigenvalue weighted by Crippen LogP contribution is 2.38. The van der Waals surface area contributed by atoms with E-state index in [9.17, 15) is 0 Å². The molecule has 0 bridgehead atoms. The topological polar surface area (TPSA) is 35.2 Å². The Bertz CT molecular complexity index is 404. The molecule has 0 heterocycles. The van der Waals surface area contributed by atoms with Crippen LogP contribution >= 0.6 is 11.6 Å². The van der Waals surface area contributed by atoms with E-state index in [1.807, 2.05) is 13.0 Å². The fourth-order valence-electron chi connectivity index (χ4n) is 2.64. The average Bonchev–Trinajstić information content (AvgIpc) is 2.34. The molecule has 1 aliphatic carbocycles. The standard InChI is InChI=1S/C14H20ClNO/c1-2-17-14-12-6-4-3-5-11(12)10(7-8-16)9-13(14)15/h9H,2-8,16H2,1H3. The Kier molecular flexibility index (Phi) is 4.30. The summed E-state index contributed by atoms with van der Waals surface area (Å²) in [6, 6.07) is 2.05. The summed E-state index contributed by atoms with van der Waals surface area (Å²) in [5.41, 5.74) is 9.75. The van der Waals surface area contributed by atoms with E-state index < -0.39 is 0 Å². The molecule has 1 aromatic rings. The third kappa shape index (κ3) is 2.58. The minimum Gasteiger partial charge on any atom is -0.492 e. The van der Waals surface area contributed by atoms with E-state index in [-0.39, 0.29) is 0 Å². The van der Waals surface area contributed by atoms with Gasteiger partial charge in [0.15, 0.2) is 0 Å². The van der Waals surface area contributed by atoms with Crippen molar-refractivity contribution in [2.75, 3.05) is 13.2 Å². The van der Waals surface area contributed by atoms with Gasteiger partial charge in [0, 0.05) is 0 Å². The molecule has 0 amide bonds. The van der Waals surface area contributed by atoms with Crippen molar-refractivity contribution in [1.29, 1.82) is 0 Å². The molecule has 3 heteroatoms. The maximum Gasteiger partial charge on any atom is 0.141 e. The van der Waals surface area contributed by atoms with Gasteiger partial charge in [0.2, 0.25) is 0 Å². The van der Waals surface area contributed by atoms with Gasteiger partial charge in [-0.05, 0) is 68.3 Å². The fraction of sp³-hybridized carbons (Fsp3) is 0.571. The second-order valence-corrected chi connectivity index (χ2v) is 4.89. The Morgan fingerprint density at radius 3 is 2.65 bits per heavy atom. The lowest BCUT2D eigenvalue weighted by Crippen LogP contribution is -2.12. The van der Waals surface area contributed by atoms with E-state index in [1.165, 1.54) is 29.5 Å². The number of hydrogen-bond donors (Lipinski definition) is 1. The summed E-state index contributed by atoms with van der Waals surface area (Å²) in [4.78, 5) is 0. The summed E-state index contributed by atoms with van der Waals surface area (Å²) >= 11 is 6.32. The van der Waals surface area contributed by atoms with E-state index in [1.54, 1.807) is 0 Å². The predicted octanol–water partition coefficient (Wildman–Crippen LogP) is 3.12. The van der Waals surface area contributed by atoms with Gasteiger partial charge < -0.3 is 10.5 Å². The van der Waals surface area contributed by atoms with Gasteiger partial charge in [0.1, 0.15) is 5.75 Å². The molecule has 94 valence electrons. The summed E-state index contributed by atoms with van der Waals surface area (Å²) in [5, 5.41) is 0.746. The van der Waals surface area contributed by atoms with Crippen LogP contribution in [0.5, 0.6) is 5.75 Å². The van der Waals surface area contributed by atoms with Crippen LogP contribution in [0.25, 0.3) is 0 Å². The first-order chi connectivity index (χ1) is 8.27. The molecule has 0 radical (unpaired) electrons. The highest BCUT2D eigenvalue weighted by atomic mass is 35.5. The van der Waals surface area contributed by atoms with Crippen molar-refractivity contribution in [3.63, 3.8) is 0 Å². The molecule has 17 heavy (non-hydrogen) atoms. The average molecular weight is 254 g/mol. The normalized spacial score (nSPS) is 14.5. The molecule has 0 saturated heterocycles. The largest absolute Gasteiger partial charge is 0.492 e. The molecule has 2 nitrogen and oxygen atoms in total. The molecule has 1 aromatic carbocycles. The first-order valence-corrected chi connectivity index (χ1v) is 6.81. The smallest absolute Gasteiger partial charge is 0.141 e. The zero-order valence-corrected chi connectivity index (χ0v) is 11.1. The lowest BCUT2D eigenvalue weighted by Gasteiger charge is -2.23. The molecule has 0 unspecified atom stereocenters. The number of fused-ring (bicyclic) bond motifs is 1. The van der Waals surface area contributed by atoms with Crippen molar-refractivity contribution >= 4 is 11.6 Å². The second-order valence-electron chi connectivity index (χ2n) is 4.48. The van der Waals surface area contributed by atoms with Crippen molar-refractivity contribution in [1.82, 2.24) is 0 Å². The van der Waals surface area contributed by atoms with Crippen LogP contribution in [-0.4, -0.2) is 13.2 Å². The van der Waals surface area contributed by atoms with E-state index in [4.69, 9.17) is 22.1 Å². The Hall–Kier alpha value is -0.730. The molecule has 2 N–H and O–H groups in total.